The van der Waals surface area contributed by atoms with Crippen molar-refractivity contribution >= 4 is 37.3 Å². The lowest BCUT2D eigenvalue weighted by Gasteiger charge is -2.42. The molecule has 2 fully saturated rings. The molecule has 1 aromatic carbocycles. The number of ketones is 1. The molecule has 4 N–H and O–H groups in total. The number of carbonyl (C=O) groups is 4. The van der Waals surface area contributed by atoms with Crippen LogP contribution < -0.4 is 11.1 Å². The number of carbonyl (C=O) groups excluding carboxylic acids is 3. The van der Waals surface area contributed by atoms with Crippen molar-refractivity contribution in [3.05, 3.63) is 42.6 Å². The molecule has 2 radical (unpaired) electrons. The first-order valence-electron chi connectivity index (χ1n) is 18.5. The number of aliphatic carboxylic acids is 1. The minimum absolute atomic E-state index is 0.0284. The number of esters is 1. The van der Waals surface area contributed by atoms with Crippen LogP contribution in [0.3, 0.4) is 0 Å². The number of hydrogen-bond donors (Lipinski definition) is 3. The molecule has 2 aliphatic heterocycles. The van der Waals surface area contributed by atoms with Gasteiger partial charge in [0.25, 0.3) is 0 Å². The topological polar surface area (TPSA) is 188 Å². The number of amides is 1. The summed E-state index contributed by atoms with van der Waals surface area (Å²) in [5.74, 6) is -4.79. The minimum Gasteiger partial charge on any atom is -0.478 e. The average molecular weight is 735 g/mol. The highest BCUT2D eigenvalue weighted by atomic mass is 16.6. The van der Waals surface area contributed by atoms with Crippen LogP contribution >= 0.6 is 0 Å². The van der Waals surface area contributed by atoms with Crippen LogP contribution in [0, 0.1) is 17.8 Å². The summed E-state index contributed by atoms with van der Waals surface area (Å²) in [6, 6.07) is 6.20. The normalized spacial score (nSPS) is 31.8. The highest BCUT2D eigenvalue weighted by molar-refractivity contribution is 6.15. The Hall–Kier alpha value is -4.24. The zero-order chi connectivity index (χ0) is 39.1. The van der Waals surface area contributed by atoms with Crippen LogP contribution in [0.5, 0.6) is 0 Å². The molecule has 2 saturated heterocycles. The number of rotatable bonds is 11. The van der Waals surface area contributed by atoms with Gasteiger partial charge in [0.15, 0.2) is 5.60 Å². The number of unbranched alkanes of at least 4 members (excludes halogenated alkanes) is 1. The van der Waals surface area contributed by atoms with Crippen LogP contribution in [0.1, 0.15) is 73.6 Å². The van der Waals surface area contributed by atoms with E-state index in [1.54, 1.807) is 42.7 Å². The number of nitrogens with two attached hydrogens (primary N) is 1. The summed E-state index contributed by atoms with van der Waals surface area (Å²) in [6.45, 7) is 12.0. The van der Waals surface area contributed by atoms with Gasteiger partial charge in [-0.05, 0) is 83.3 Å². The number of Topliss-reactive ketones (excluding diaryl/α,β-unsaturated/α-hetero) is 1. The number of nitrogens with zero attached hydrogens (tertiary/aromatic N) is 4. The summed E-state index contributed by atoms with van der Waals surface area (Å²) >= 11 is 0. The third kappa shape index (κ3) is 9.66. The summed E-state index contributed by atoms with van der Waals surface area (Å²) < 4.78 is 19.9. The van der Waals surface area contributed by atoms with Gasteiger partial charge in [0.1, 0.15) is 23.5 Å². The van der Waals surface area contributed by atoms with Gasteiger partial charge in [-0.25, -0.2) is 9.59 Å². The van der Waals surface area contributed by atoms with Crippen molar-refractivity contribution in [2.75, 3.05) is 25.9 Å². The Morgan fingerprint density at radius 3 is 2.57 bits per heavy atom. The number of methoxy groups -OCH3 is 1. The molecule has 0 saturated carbocycles. The molecule has 2 aliphatic rings. The third-order valence-electron chi connectivity index (χ3n) is 10.9. The third-order valence-corrected chi connectivity index (χ3v) is 10.9. The number of nitrogen functional groups attached to an aromatic ring is 1. The average Bonchev–Trinajstić information content (AvgIpc) is 3.70. The SMILES string of the molecule is [B][C@@H]1[C@@H](C)C(=O)[C@@H](C)C(=O)O[C@H](CC)[C@@]2(C)OC(=O)N(CCCCn3cc(-c4cccc(N)c4)nn3)[C@@H]2[C@@H](C/C=C/C(=O)O)NC[C@H](C)C[C@@]1(C)OC. The van der Waals surface area contributed by atoms with Crippen molar-refractivity contribution in [2.45, 2.75) is 115 Å². The number of benzene rings is 1. The molecule has 2 aromatic rings. The largest absolute Gasteiger partial charge is 0.478 e. The molecular weight excluding hydrogens is 679 g/mol. The molecule has 1 amide bonds. The van der Waals surface area contributed by atoms with Crippen LogP contribution in [0.4, 0.5) is 10.5 Å². The molecule has 0 spiro atoms. The van der Waals surface area contributed by atoms with Gasteiger partial charge in [0, 0.05) is 49.5 Å². The first kappa shape index (κ1) is 41.5. The molecule has 1 aromatic heterocycles. The molecule has 15 heteroatoms. The summed E-state index contributed by atoms with van der Waals surface area (Å²) in [6.07, 6.45) is 5.20. The fourth-order valence-electron chi connectivity index (χ4n) is 7.80. The van der Waals surface area contributed by atoms with E-state index < -0.39 is 65.1 Å². The van der Waals surface area contributed by atoms with Crippen LogP contribution in [-0.4, -0.2) is 106 Å². The van der Waals surface area contributed by atoms with E-state index in [2.05, 4.69) is 15.6 Å². The number of fused-ring (bicyclic) bond motifs is 1. The fraction of sp³-hybridized carbons (Fsp3) is 0.632. The number of aromatic nitrogens is 3. The first-order valence-corrected chi connectivity index (χ1v) is 18.5. The number of carboxylic acids is 1. The second-order valence-corrected chi connectivity index (χ2v) is 15.0. The van der Waals surface area contributed by atoms with Crippen LogP contribution in [0.2, 0.25) is 5.82 Å². The monoisotopic (exact) mass is 734 g/mol. The van der Waals surface area contributed by atoms with E-state index in [4.69, 9.17) is 27.8 Å². The van der Waals surface area contributed by atoms with Crippen molar-refractivity contribution in [1.82, 2.24) is 25.2 Å². The Morgan fingerprint density at radius 1 is 1.19 bits per heavy atom. The molecule has 14 nitrogen and oxygen atoms in total. The lowest BCUT2D eigenvalue weighted by molar-refractivity contribution is -0.170. The molecule has 0 aliphatic carbocycles. The van der Waals surface area contributed by atoms with Gasteiger partial charge in [-0.2, -0.15) is 0 Å². The molecular formula is C38H55BN6O8. The quantitative estimate of drug-likeness (QED) is 0.0737. The van der Waals surface area contributed by atoms with Crippen LogP contribution in [0.15, 0.2) is 42.6 Å². The zero-order valence-corrected chi connectivity index (χ0v) is 32.0. The second kappa shape index (κ2) is 17.7. The van der Waals surface area contributed by atoms with Crippen LogP contribution in [0.25, 0.3) is 11.3 Å². The maximum atomic E-state index is 13.8. The number of nitrogens with one attached hydrogen (secondary N) is 1. The number of aryl methyl sites for hydroxylation is 1. The zero-order valence-electron chi connectivity index (χ0n) is 32.0. The van der Waals surface area contributed by atoms with Gasteiger partial charge in [-0.3, -0.25) is 19.2 Å². The lowest BCUT2D eigenvalue weighted by atomic mass is 9.62. The predicted molar refractivity (Wildman–Crippen MR) is 200 cm³/mol. The van der Waals surface area contributed by atoms with Gasteiger partial charge >= 0.3 is 18.0 Å². The van der Waals surface area contributed by atoms with E-state index in [1.807, 2.05) is 45.2 Å². The molecule has 288 valence electrons. The predicted octanol–water partition coefficient (Wildman–Crippen LogP) is 4.44. The molecule has 0 unspecified atom stereocenters. The summed E-state index contributed by atoms with van der Waals surface area (Å²) in [5, 5.41) is 21.6. The number of carboxylic acid groups (broad SMARTS) is 1. The second-order valence-electron chi connectivity index (χ2n) is 15.0. The van der Waals surface area contributed by atoms with Gasteiger partial charge in [-0.1, -0.05) is 44.2 Å². The van der Waals surface area contributed by atoms with Crippen molar-refractivity contribution in [3.63, 3.8) is 0 Å². The standard InChI is InChI=1S/C38H55BN6O8/c1-8-30-38(6)34(45(36(50)53-38)18-10-9-17-44-22-29(42-43-44)26-13-11-14-27(40)19-26)28(15-12-16-31(46)47)41-21-23(2)20-37(5,51-7)33(39)24(3)32(48)25(4)35(49)52-30/h11-14,16,19,22-25,28,30,33-34,41H,8-10,15,17-18,20-21,40H2,1-7H3,(H,46,47)/b16-12+/t23-,24+,25-,28-,30-,33-,34-,37-,38-/m1/s1. The molecule has 9 atom stereocenters. The number of anilines is 1. The molecule has 53 heavy (non-hydrogen) atoms. The van der Waals surface area contributed by atoms with Gasteiger partial charge < -0.3 is 30.4 Å². The molecule has 0 bridgehead atoms. The van der Waals surface area contributed by atoms with E-state index in [-0.39, 0.29) is 24.5 Å². The smallest absolute Gasteiger partial charge is 0.410 e. The van der Waals surface area contributed by atoms with Crippen molar-refractivity contribution < 1.29 is 38.5 Å². The van der Waals surface area contributed by atoms with Crippen molar-refractivity contribution in [1.29, 1.82) is 0 Å². The Kier molecular flexibility index (Phi) is 13.9. The van der Waals surface area contributed by atoms with E-state index in [1.165, 1.54) is 6.92 Å². The Morgan fingerprint density at radius 2 is 1.91 bits per heavy atom. The first-order chi connectivity index (χ1) is 25.0. The van der Waals surface area contributed by atoms with Gasteiger partial charge in [0.05, 0.1) is 25.7 Å². The molecule has 4 rings (SSSR count). The summed E-state index contributed by atoms with van der Waals surface area (Å²) in [5.41, 5.74) is 5.86. The van der Waals surface area contributed by atoms with Crippen molar-refractivity contribution in [3.8, 4) is 11.3 Å². The van der Waals surface area contributed by atoms with E-state index in [0.29, 0.717) is 50.3 Å². The Bertz CT molecular complexity index is 1640. The molecule has 3 heterocycles. The van der Waals surface area contributed by atoms with E-state index in [9.17, 15) is 24.3 Å². The highest BCUT2D eigenvalue weighted by Crippen LogP contribution is 2.41. The Balaban J connectivity index is 1.65. The van der Waals surface area contributed by atoms with Gasteiger partial charge in [0.2, 0.25) is 0 Å². The maximum Gasteiger partial charge on any atom is 0.410 e. The number of cyclic esters (lactones) is 1. The summed E-state index contributed by atoms with van der Waals surface area (Å²) in [4.78, 5) is 54.3. The lowest BCUT2D eigenvalue weighted by Crippen LogP contribution is -2.61. The Labute approximate surface area is 313 Å². The minimum atomic E-state index is -1.36. The fourth-order valence-corrected chi connectivity index (χ4v) is 7.80. The van der Waals surface area contributed by atoms with E-state index in [0.717, 1.165) is 11.6 Å². The van der Waals surface area contributed by atoms with Gasteiger partial charge in [-0.15, -0.1) is 5.10 Å². The number of ether oxygens (including phenoxy) is 3. The highest BCUT2D eigenvalue weighted by Gasteiger charge is 2.59. The van der Waals surface area contributed by atoms with E-state index >= 15 is 0 Å². The van der Waals surface area contributed by atoms with Crippen LogP contribution in [-0.2, 0) is 35.1 Å². The summed E-state index contributed by atoms with van der Waals surface area (Å²) in [7, 11) is 8.24. The number of hydrogen-bond acceptors (Lipinski definition) is 11. The van der Waals surface area contributed by atoms with Crippen molar-refractivity contribution in [2.24, 2.45) is 17.8 Å². The maximum absolute atomic E-state index is 13.8.